The molecule has 3 aromatic carbocycles. The minimum absolute atomic E-state index is 0.0831. The van der Waals surface area contributed by atoms with Gasteiger partial charge in [0.1, 0.15) is 0 Å². The van der Waals surface area contributed by atoms with E-state index in [0.717, 1.165) is 28.1 Å². The number of aryl methyl sites for hydroxylation is 1. The van der Waals surface area contributed by atoms with E-state index in [9.17, 15) is 13.2 Å². The lowest BCUT2D eigenvalue weighted by Gasteiger charge is -2.17. The summed E-state index contributed by atoms with van der Waals surface area (Å²) in [4.78, 5) is 14.6. The summed E-state index contributed by atoms with van der Waals surface area (Å²) in [5, 5.41) is 4.78. The maximum Gasteiger partial charge on any atom is 0.223 e. The standard InChI is InChI=1S/C27H27N3O3S/c1-21-13-15-25(16-14-21)34(32,33)18-17-26(31)29(2)19-23-20-30(24-11-7-4-8-12-24)28-27(23)22-9-5-3-6-10-22/h3-16,20H,17-19H2,1-2H3. The van der Waals surface area contributed by atoms with Crippen LogP contribution in [-0.4, -0.2) is 41.8 Å². The topological polar surface area (TPSA) is 72.3 Å². The third kappa shape index (κ3) is 5.43. The second kappa shape index (κ2) is 10.1. The highest BCUT2D eigenvalue weighted by Crippen LogP contribution is 2.25. The molecule has 0 spiro atoms. The van der Waals surface area contributed by atoms with Crippen LogP contribution in [0.1, 0.15) is 17.5 Å². The fraction of sp³-hybridized carbons (Fsp3) is 0.185. The van der Waals surface area contributed by atoms with Gasteiger partial charge in [-0.05, 0) is 31.2 Å². The molecule has 6 nitrogen and oxygen atoms in total. The molecule has 34 heavy (non-hydrogen) atoms. The van der Waals surface area contributed by atoms with Crippen molar-refractivity contribution < 1.29 is 13.2 Å². The quantitative estimate of drug-likeness (QED) is 0.373. The van der Waals surface area contributed by atoms with Crippen LogP contribution in [0.3, 0.4) is 0 Å². The molecule has 1 aromatic heterocycles. The first kappa shape index (κ1) is 23.4. The average Bonchev–Trinajstić information content (AvgIpc) is 3.27. The number of rotatable bonds is 8. The molecule has 1 heterocycles. The van der Waals surface area contributed by atoms with Crippen LogP contribution in [0, 0.1) is 6.92 Å². The molecular weight excluding hydrogens is 446 g/mol. The van der Waals surface area contributed by atoms with Gasteiger partial charge in [-0.3, -0.25) is 4.79 Å². The zero-order valence-electron chi connectivity index (χ0n) is 19.3. The summed E-state index contributed by atoms with van der Waals surface area (Å²) < 4.78 is 27.1. The molecule has 0 fully saturated rings. The van der Waals surface area contributed by atoms with E-state index in [1.165, 1.54) is 0 Å². The first-order valence-electron chi connectivity index (χ1n) is 11.1. The van der Waals surface area contributed by atoms with E-state index in [1.807, 2.05) is 73.8 Å². The second-order valence-electron chi connectivity index (χ2n) is 8.28. The Morgan fingerprint density at radius 3 is 2.18 bits per heavy atom. The Morgan fingerprint density at radius 2 is 1.53 bits per heavy atom. The molecule has 0 bridgehead atoms. The third-order valence-corrected chi connectivity index (χ3v) is 7.39. The molecule has 0 saturated carbocycles. The zero-order valence-corrected chi connectivity index (χ0v) is 20.1. The van der Waals surface area contributed by atoms with Crippen molar-refractivity contribution in [2.45, 2.75) is 24.8 Å². The van der Waals surface area contributed by atoms with E-state index < -0.39 is 9.84 Å². The molecule has 0 atom stereocenters. The molecule has 0 unspecified atom stereocenters. The Labute approximate surface area is 200 Å². The predicted octanol–water partition coefficient (Wildman–Crippen LogP) is 4.67. The largest absolute Gasteiger partial charge is 0.341 e. The Kier molecular flexibility index (Phi) is 6.93. The van der Waals surface area contributed by atoms with Crippen molar-refractivity contribution in [1.82, 2.24) is 14.7 Å². The van der Waals surface area contributed by atoms with Gasteiger partial charge in [0, 0.05) is 37.3 Å². The van der Waals surface area contributed by atoms with E-state index in [0.29, 0.717) is 6.54 Å². The molecule has 0 aliphatic rings. The maximum absolute atomic E-state index is 12.8. The van der Waals surface area contributed by atoms with E-state index >= 15 is 0 Å². The first-order chi connectivity index (χ1) is 16.3. The number of amides is 1. The molecule has 7 heteroatoms. The van der Waals surface area contributed by atoms with Gasteiger partial charge in [0.2, 0.25) is 5.91 Å². The van der Waals surface area contributed by atoms with Gasteiger partial charge < -0.3 is 4.90 Å². The van der Waals surface area contributed by atoms with Crippen LogP contribution < -0.4 is 0 Å². The monoisotopic (exact) mass is 473 g/mol. The predicted molar refractivity (Wildman–Crippen MR) is 133 cm³/mol. The number of hydrogen-bond donors (Lipinski definition) is 0. The van der Waals surface area contributed by atoms with E-state index in [2.05, 4.69) is 0 Å². The summed E-state index contributed by atoms with van der Waals surface area (Å²) in [6.45, 7) is 2.22. The van der Waals surface area contributed by atoms with Gasteiger partial charge in [-0.1, -0.05) is 66.2 Å². The Bertz CT molecular complexity index is 1360. The number of hydrogen-bond acceptors (Lipinski definition) is 4. The molecule has 4 aromatic rings. The molecule has 0 aliphatic heterocycles. The smallest absolute Gasteiger partial charge is 0.223 e. The summed E-state index contributed by atoms with van der Waals surface area (Å²) in [7, 11) is -1.84. The van der Waals surface area contributed by atoms with Gasteiger partial charge in [0.25, 0.3) is 0 Å². The molecule has 1 amide bonds. The van der Waals surface area contributed by atoms with Crippen molar-refractivity contribution in [2.24, 2.45) is 0 Å². The normalized spacial score (nSPS) is 11.4. The highest BCUT2D eigenvalue weighted by atomic mass is 32.2. The fourth-order valence-corrected chi connectivity index (χ4v) is 4.93. The van der Waals surface area contributed by atoms with E-state index in [-0.39, 0.29) is 23.0 Å². The van der Waals surface area contributed by atoms with Crippen LogP contribution in [0.4, 0.5) is 0 Å². The molecular formula is C27H27N3O3S. The van der Waals surface area contributed by atoms with Gasteiger partial charge in [0.05, 0.1) is 22.0 Å². The number of nitrogens with zero attached hydrogens (tertiary/aromatic N) is 3. The molecule has 0 saturated heterocycles. The van der Waals surface area contributed by atoms with Crippen molar-refractivity contribution >= 4 is 15.7 Å². The molecule has 0 aliphatic carbocycles. The number of carbonyl (C=O) groups is 1. The van der Waals surface area contributed by atoms with Gasteiger partial charge in [-0.15, -0.1) is 0 Å². The van der Waals surface area contributed by atoms with Gasteiger partial charge in [-0.25, -0.2) is 13.1 Å². The maximum atomic E-state index is 12.8. The van der Waals surface area contributed by atoms with Crippen molar-refractivity contribution in [3.05, 3.63) is 102 Å². The number of para-hydroxylation sites is 1. The van der Waals surface area contributed by atoms with E-state index in [4.69, 9.17) is 5.10 Å². The van der Waals surface area contributed by atoms with Crippen LogP contribution in [0.15, 0.2) is 96.0 Å². The highest BCUT2D eigenvalue weighted by Gasteiger charge is 2.20. The lowest BCUT2D eigenvalue weighted by atomic mass is 10.1. The van der Waals surface area contributed by atoms with Crippen molar-refractivity contribution in [2.75, 3.05) is 12.8 Å². The van der Waals surface area contributed by atoms with Gasteiger partial charge >= 0.3 is 0 Å². The fourth-order valence-electron chi connectivity index (χ4n) is 3.70. The summed E-state index contributed by atoms with van der Waals surface area (Å²) in [6, 6.07) is 26.3. The Hall–Kier alpha value is -3.71. The molecule has 0 radical (unpaired) electrons. The average molecular weight is 474 g/mol. The number of carbonyl (C=O) groups excluding carboxylic acids is 1. The van der Waals surface area contributed by atoms with Crippen LogP contribution in [-0.2, 0) is 21.2 Å². The van der Waals surface area contributed by atoms with Gasteiger partial charge in [-0.2, -0.15) is 5.10 Å². The highest BCUT2D eigenvalue weighted by molar-refractivity contribution is 7.91. The molecule has 4 rings (SSSR count). The van der Waals surface area contributed by atoms with Gasteiger partial charge in [0.15, 0.2) is 9.84 Å². The Morgan fingerprint density at radius 1 is 0.912 bits per heavy atom. The SMILES string of the molecule is Cc1ccc(S(=O)(=O)CCC(=O)N(C)Cc2cn(-c3ccccc3)nc2-c2ccccc2)cc1. The van der Waals surface area contributed by atoms with Crippen molar-refractivity contribution in [3.8, 4) is 16.9 Å². The number of aromatic nitrogens is 2. The van der Waals surface area contributed by atoms with Crippen LogP contribution in [0.25, 0.3) is 16.9 Å². The Balaban J connectivity index is 1.51. The lowest BCUT2D eigenvalue weighted by molar-refractivity contribution is -0.130. The summed E-state index contributed by atoms with van der Waals surface area (Å²) in [5.41, 5.74) is 4.53. The first-order valence-corrected chi connectivity index (χ1v) is 12.7. The van der Waals surface area contributed by atoms with Crippen LogP contribution in [0.2, 0.25) is 0 Å². The number of benzene rings is 3. The minimum atomic E-state index is -3.53. The summed E-state index contributed by atoms with van der Waals surface area (Å²) >= 11 is 0. The van der Waals surface area contributed by atoms with Crippen molar-refractivity contribution in [3.63, 3.8) is 0 Å². The lowest BCUT2D eigenvalue weighted by Crippen LogP contribution is -2.28. The zero-order chi connectivity index (χ0) is 24.1. The van der Waals surface area contributed by atoms with Crippen LogP contribution >= 0.6 is 0 Å². The second-order valence-corrected chi connectivity index (χ2v) is 10.4. The van der Waals surface area contributed by atoms with Crippen LogP contribution in [0.5, 0.6) is 0 Å². The minimum Gasteiger partial charge on any atom is -0.341 e. The number of sulfone groups is 1. The van der Waals surface area contributed by atoms with E-state index in [1.54, 1.807) is 40.9 Å². The summed E-state index contributed by atoms with van der Waals surface area (Å²) in [5.74, 6) is -0.462. The van der Waals surface area contributed by atoms with Crippen molar-refractivity contribution in [1.29, 1.82) is 0 Å². The third-order valence-electron chi connectivity index (χ3n) is 5.66. The molecule has 0 N–H and O–H groups in total. The molecule has 174 valence electrons. The summed E-state index contributed by atoms with van der Waals surface area (Å²) in [6.07, 6.45) is 1.84.